The largest absolute Gasteiger partial charge is 0.467 e. The molecule has 2 aromatic carbocycles. The van der Waals surface area contributed by atoms with Gasteiger partial charge < -0.3 is 30.6 Å². The van der Waals surface area contributed by atoms with Crippen LogP contribution >= 0.6 is 24.8 Å². The lowest BCUT2D eigenvalue weighted by Gasteiger charge is -2.28. The number of aromatic nitrogens is 2. The number of ether oxygens (including phenoxy) is 1. The molecule has 1 saturated heterocycles. The van der Waals surface area contributed by atoms with E-state index in [0.29, 0.717) is 37.8 Å². The highest BCUT2D eigenvalue weighted by Gasteiger charge is 2.39. The predicted octanol–water partition coefficient (Wildman–Crippen LogP) is 3.27. The lowest BCUT2D eigenvalue weighted by molar-refractivity contribution is -0.151. The summed E-state index contributed by atoms with van der Waals surface area (Å²) in [7, 11) is 1.31. The number of methoxy groups -OCH3 is 1. The highest BCUT2D eigenvalue weighted by Crippen LogP contribution is 2.28. The van der Waals surface area contributed by atoms with Crippen LogP contribution in [0.1, 0.15) is 50.3 Å². The molecule has 0 spiro atoms. The van der Waals surface area contributed by atoms with Gasteiger partial charge in [-0.3, -0.25) is 14.4 Å². The van der Waals surface area contributed by atoms with E-state index in [9.17, 15) is 19.2 Å². The number of halogens is 2. The number of carbonyl (C=O) groups is 4. The molecular formula is C31H40Cl2N6O5. The first-order valence-electron chi connectivity index (χ1n) is 14.0. The molecule has 1 aromatic heterocycles. The molecular weight excluding hydrogens is 607 g/mol. The van der Waals surface area contributed by atoms with E-state index >= 15 is 0 Å². The number of nitrogens with two attached hydrogens (primary N) is 1. The van der Waals surface area contributed by atoms with Crippen LogP contribution in [-0.2, 0) is 30.3 Å². The second kappa shape index (κ2) is 16.2. The van der Waals surface area contributed by atoms with Crippen molar-refractivity contribution < 1.29 is 23.9 Å². The molecule has 44 heavy (non-hydrogen) atoms. The quantitative estimate of drug-likeness (QED) is 0.271. The number of amides is 3. The summed E-state index contributed by atoms with van der Waals surface area (Å²) >= 11 is 0. The third-order valence-corrected chi connectivity index (χ3v) is 7.28. The van der Waals surface area contributed by atoms with E-state index in [2.05, 4.69) is 15.6 Å². The number of hydrogen-bond donors (Lipinski definition) is 3. The number of hydrogen-bond acceptors (Lipinski definition) is 7. The second-order valence-corrected chi connectivity index (χ2v) is 11.0. The number of likely N-dealkylation sites (tertiary alicyclic amines) is 1. The minimum Gasteiger partial charge on any atom is -0.467 e. The maximum absolute atomic E-state index is 13.9. The van der Waals surface area contributed by atoms with Crippen LogP contribution in [0.5, 0.6) is 0 Å². The lowest BCUT2D eigenvalue weighted by Crippen LogP contribution is -2.55. The lowest BCUT2D eigenvalue weighted by atomic mass is 10.0. The fourth-order valence-electron chi connectivity index (χ4n) is 4.97. The monoisotopic (exact) mass is 646 g/mol. The molecule has 3 aromatic rings. The number of nitrogens with one attached hydrogen (secondary N) is 2. The molecule has 1 aliphatic rings. The van der Waals surface area contributed by atoms with Gasteiger partial charge in [-0.05, 0) is 50.7 Å². The van der Waals surface area contributed by atoms with Gasteiger partial charge in [-0.1, -0.05) is 60.7 Å². The van der Waals surface area contributed by atoms with Gasteiger partial charge in [0.2, 0.25) is 11.8 Å². The molecule has 1 unspecified atom stereocenters. The number of nitrogens with zero attached hydrogens (tertiary/aromatic N) is 3. The van der Waals surface area contributed by atoms with Crippen LogP contribution in [0.15, 0.2) is 73.2 Å². The summed E-state index contributed by atoms with van der Waals surface area (Å²) < 4.78 is 6.55. The van der Waals surface area contributed by atoms with Crippen LogP contribution in [0, 0.1) is 0 Å². The van der Waals surface area contributed by atoms with E-state index < -0.39 is 41.4 Å². The third-order valence-electron chi connectivity index (χ3n) is 7.28. The van der Waals surface area contributed by atoms with Crippen molar-refractivity contribution in [2.45, 2.75) is 63.2 Å². The molecule has 0 aliphatic carbocycles. The summed E-state index contributed by atoms with van der Waals surface area (Å²) in [6.07, 6.45) is 5.15. The van der Waals surface area contributed by atoms with Crippen molar-refractivity contribution in [1.29, 1.82) is 0 Å². The highest BCUT2D eigenvalue weighted by molar-refractivity contribution is 5.98. The first kappa shape index (κ1) is 36.3. The Balaban J connectivity index is 0.00000337. The number of imidazole rings is 1. The van der Waals surface area contributed by atoms with Crippen molar-refractivity contribution in [3.05, 3.63) is 84.3 Å². The van der Waals surface area contributed by atoms with Crippen molar-refractivity contribution in [1.82, 2.24) is 19.8 Å². The summed E-state index contributed by atoms with van der Waals surface area (Å²) in [5, 5.41) is 5.54. The second-order valence-electron chi connectivity index (χ2n) is 11.0. The van der Waals surface area contributed by atoms with Crippen LogP contribution in [0.3, 0.4) is 0 Å². The van der Waals surface area contributed by atoms with E-state index in [1.54, 1.807) is 29.5 Å². The molecule has 3 atom stereocenters. The minimum atomic E-state index is -1.17. The number of anilines is 1. The van der Waals surface area contributed by atoms with Gasteiger partial charge in [-0.2, -0.15) is 0 Å². The molecule has 13 heteroatoms. The molecule has 3 amide bonds. The standard InChI is InChI=1S/C31H38N6O5.2ClH/c1-31(2,32)30(41)34-23(17-16-21-11-6-4-7-12-21)27(38)35-25-19-36(20-33-25)26(22-13-8-5-9-14-22)28(39)37-18-10-15-24(37)29(40)42-3;;/h4-9,11-14,19-20,23-24,26H,10,15-18,32H2,1-3H3,(H,34,41)(H,35,38);2*1H/t23-,24-,26?;;/m1../s1. The molecule has 0 saturated carbocycles. The zero-order valence-electron chi connectivity index (χ0n) is 25.0. The number of esters is 1. The maximum Gasteiger partial charge on any atom is 0.328 e. The number of aryl methyl sites for hydroxylation is 1. The minimum absolute atomic E-state index is 0. The van der Waals surface area contributed by atoms with E-state index in [0.717, 1.165) is 5.56 Å². The topological polar surface area (TPSA) is 149 Å². The molecule has 0 radical (unpaired) electrons. The average molecular weight is 648 g/mol. The summed E-state index contributed by atoms with van der Waals surface area (Å²) in [4.78, 5) is 58.2. The molecule has 4 N–H and O–H groups in total. The van der Waals surface area contributed by atoms with Crippen molar-refractivity contribution >= 4 is 54.3 Å². The zero-order chi connectivity index (χ0) is 30.3. The predicted molar refractivity (Wildman–Crippen MR) is 172 cm³/mol. The molecule has 4 rings (SSSR count). The Hall–Kier alpha value is -3.93. The van der Waals surface area contributed by atoms with E-state index in [1.807, 2.05) is 60.7 Å². The Bertz CT molecular complexity index is 1400. The molecule has 2 heterocycles. The van der Waals surface area contributed by atoms with E-state index in [-0.39, 0.29) is 36.5 Å². The molecule has 1 fully saturated rings. The average Bonchev–Trinajstić information content (AvgIpc) is 3.65. The summed E-state index contributed by atoms with van der Waals surface area (Å²) in [5.74, 6) is -1.42. The fourth-order valence-corrected chi connectivity index (χ4v) is 4.97. The van der Waals surface area contributed by atoms with Gasteiger partial charge in [0.1, 0.15) is 18.1 Å². The van der Waals surface area contributed by atoms with Gasteiger partial charge in [-0.15, -0.1) is 24.8 Å². The van der Waals surface area contributed by atoms with Crippen molar-refractivity contribution in [2.24, 2.45) is 5.73 Å². The molecule has 238 valence electrons. The smallest absolute Gasteiger partial charge is 0.328 e. The maximum atomic E-state index is 13.9. The molecule has 1 aliphatic heterocycles. The first-order valence-corrected chi connectivity index (χ1v) is 14.0. The van der Waals surface area contributed by atoms with Crippen LogP contribution in [0.2, 0.25) is 0 Å². The third kappa shape index (κ3) is 9.04. The van der Waals surface area contributed by atoms with Gasteiger partial charge in [0, 0.05) is 12.7 Å². The first-order chi connectivity index (χ1) is 20.1. The number of carbonyl (C=O) groups excluding carboxylic acids is 4. The number of benzene rings is 2. The van der Waals surface area contributed by atoms with Crippen LogP contribution in [0.4, 0.5) is 5.82 Å². The van der Waals surface area contributed by atoms with Gasteiger partial charge in [0.15, 0.2) is 5.82 Å². The Morgan fingerprint density at radius 1 is 1.05 bits per heavy atom. The van der Waals surface area contributed by atoms with Crippen LogP contribution in [0.25, 0.3) is 0 Å². The van der Waals surface area contributed by atoms with E-state index in [1.165, 1.54) is 13.4 Å². The SMILES string of the molecule is COC(=O)[C@H]1CCCN1C(=O)C(c1ccccc1)n1cnc(NC(=O)[C@@H](CCc2ccccc2)NC(=O)C(C)(C)N)c1.Cl.Cl. The van der Waals surface area contributed by atoms with Crippen LogP contribution < -0.4 is 16.4 Å². The summed E-state index contributed by atoms with van der Waals surface area (Å²) in [6.45, 7) is 3.57. The van der Waals surface area contributed by atoms with Crippen LogP contribution in [-0.4, -0.2) is 69.4 Å². The van der Waals surface area contributed by atoms with Gasteiger partial charge in [0.25, 0.3) is 5.91 Å². The summed E-state index contributed by atoms with van der Waals surface area (Å²) in [5.41, 5.74) is 6.53. The Morgan fingerprint density at radius 3 is 2.30 bits per heavy atom. The Kier molecular flexibility index (Phi) is 13.4. The molecule has 0 bridgehead atoms. The van der Waals surface area contributed by atoms with Gasteiger partial charge in [-0.25, -0.2) is 9.78 Å². The molecule has 11 nitrogen and oxygen atoms in total. The van der Waals surface area contributed by atoms with Gasteiger partial charge in [0.05, 0.1) is 19.0 Å². The van der Waals surface area contributed by atoms with Gasteiger partial charge >= 0.3 is 5.97 Å². The van der Waals surface area contributed by atoms with Crippen molar-refractivity contribution in [3.63, 3.8) is 0 Å². The Morgan fingerprint density at radius 2 is 1.68 bits per heavy atom. The normalized spacial score (nSPS) is 15.6. The number of rotatable bonds is 11. The zero-order valence-corrected chi connectivity index (χ0v) is 26.6. The van der Waals surface area contributed by atoms with E-state index in [4.69, 9.17) is 10.5 Å². The summed E-state index contributed by atoms with van der Waals surface area (Å²) in [6, 6.07) is 16.5. The van der Waals surface area contributed by atoms with Crippen molar-refractivity contribution in [3.8, 4) is 0 Å². The highest BCUT2D eigenvalue weighted by atomic mass is 35.5. The Labute approximate surface area is 269 Å². The fraction of sp³-hybridized carbons (Fsp3) is 0.387. The van der Waals surface area contributed by atoms with Crippen molar-refractivity contribution in [2.75, 3.05) is 19.0 Å².